The van der Waals surface area contributed by atoms with Gasteiger partial charge < -0.3 is 9.15 Å². The van der Waals surface area contributed by atoms with Gasteiger partial charge in [-0.1, -0.05) is 51.8 Å². The fourth-order valence-corrected chi connectivity index (χ4v) is 2.63. The monoisotopic (exact) mass is 410 g/mol. The lowest BCUT2D eigenvalue weighted by molar-refractivity contribution is 0.0699. The number of benzene rings is 2. The number of aryl methyl sites for hydroxylation is 1. The van der Waals surface area contributed by atoms with E-state index in [0.29, 0.717) is 4.47 Å². The first-order chi connectivity index (χ1) is 12.5. The SMILES string of the molecule is Cc1ccc(C=CC(=O)c2cc(Br)ccc2OC(=O)c2ccco2)cc1. The molecule has 3 aromatic rings. The maximum absolute atomic E-state index is 12.6. The number of hydrogen-bond donors (Lipinski definition) is 0. The summed E-state index contributed by atoms with van der Waals surface area (Å²) in [6.45, 7) is 2.00. The highest BCUT2D eigenvalue weighted by atomic mass is 79.9. The second-order valence-corrected chi connectivity index (χ2v) is 6.53. The van der Waals surface area contributed by atoms with E-state index in [2.05, 4.69) is 15.9 Å². The second-order valence-electron chi connectivity index (χ2n) is 5.62. The first-order valence-corrected chi connectivity index (χ1v) is 8.66. The van der Waals surface area contributed by atoms with Crippen LogP contribution < -0.4 is 4.74 Å². The fraction of sp³-hybridized carbons (Fsp3) is 0.0476. The summed E-state index contributed by atoms with van der Waals surface area (Å²) in [5.74, 6) is -0.683. The van der Waals surface area contributed by atoms with Crippen LogP contribution in [0.4, 0.5) is 0 Å². The molecule has 0 saturated heterocycles. The van der Waals surface area contributed by atoms with Crippen molar-refractivity contribution in [3.8, 4) is 5.75 Å². The summed E-state index contributed by atoms with van der Waals surface area (Å²) in [6, 6.07) is 15.8. The Morgan fingerprint density at radius 3 is 2.54 bits per heavy atom. The Hall–Kier alpha value is -2.92. The number of rotatable bonds is 5. The van der Waals surface area contributed by atoms with E-state index in [0.717, 1.165) is 11.1 Å². The highest BCUT2D eigenvalue weighted by Gasteiger charge is 2.17. The first-order valence-electron chi connectivity index (χ1n) is 7.87. The summed E-state index contributed by atoms with van der Waals surface area (Å²) in [6.07, 6.45) is 4.56. The number of halogens is 1. The number of carbonyl (C=O) groups excluding carboxylic acids is 2. The Kier molecular flexibility index (Phi) is 5.49. The molecule has 4 nitrogen and oxygen atoms in total. The van der Waals surface area contributed by atoms with Crippen LogP contribution in [0, 0.1) is 6.92 Å². The minimum atomic E-state index is -0.658. The smallest absolute Gasteiger partial charge is 0.379 e. The molecule has 0 fully saturated rings. The number of ether oxygens (including phenoxy) is 1. The number of ketones is 1. The van der Waals surface area contributed by atoms with Crippen LogP contribution in [-0.2, 0) is 0 Å². The molecule has 0 aliphatic rings. The summed E-state index contributed by atoms with van der Waals surface area (Å²) in [7, 11) is 0. The summed E-state index contributed by atoms with van der Waals surface area (Å²) >= 11 is 3.34. The maximum atomic E-state index is 12.6. The van der Waals surface area contributed by atoms with Crippen molar-refractivity contribution >= 4 is 33.8 Å². The molecule has 0 saturated carbocycles. The number of esters is 1. The third-order valence-corrected chi connectivity index (χ3v) is 4.13. The Bertz CT molecular complexity index is 954. The average Bonchev–Trinajstić information content (AvgIpc) is 3.17. The van der Waals surface area contributed by atoms with Gasteiger partial charge in [-0.15, -0.1) is 0 Å². The summed E-state index contributed by atoms with van der Waals surface area (Å²) < 4.78 is 11.1. The minimum absolute atomic E-state index is 0.0708. The van der Waals surface area contributed by atoms with Gasteiger partial charge in [0.25, 0.3) is 0 Å². The van der Waals surface area contributed by atoms with Crippen molar-refractivity contribution in [3.05, 3.63) is 93.9 Å². The molecule has 0 spiro atoms. The van der Waals surface area contributed by atoms with Crippen molar-refractivity contribution in [1.29, 1.82) is 0 Å². The van der Waals surface area contributed by atoms with Crippen molar-refractivity contribution < 1.29 is 18.7 Å². The predicted molar refractivity (Wildman–Crippen MR) is 102 cm³/mol. The van der Waals surface area contributed by atoms with E-state index in [1.807, 2.05) is 31.2 Å². The van der Waals surface area contributed by atoms with Crippen LogP contribution in [0.1, 0.15) is 32.0 Å². The van der Waals surface area contributed by atoms with Gasteiger partial charge in [-0.3, -0.25) is 4.79 Å². The van der Waals surface area contributed by atoms with E-state index in [4.69, 9.17) is 9.15 Å². The van der Waals surface area contributed by atoms with Gasteiger partial charge in [-0.2, -0.15) is 0 Å². The molecule has 1 heterocycles. The fourth-order valence-electron chi connectivity index (χ4n) is 2.27. The van der Waals surface area contributed by atoms with Gasteiger partial charge in [0.15, 0.2) is 5.78 Å². The largest absolute Gasteiger partial charge is 0.457 e. The molecule has 0 bridgehead atoms. The zero-order chi connectivity index (χ0) is 18.5. The number of hydrogen-bond acceptors (Lipinski definition) is 4. The topological polar surface area (TPSA) is 56.5 Å². The van der Waals surface area contributed by atoms with Crippen LogP contribution in [0.2, 0.25) is 0 Å². The van der Waals surface area contributed by atoms with E-state index in [-0.39, 0.29) is 22.9 Å². The standard InChI is InChI=1S/C21H15BrO4/c1-14-4-6-15(7-5-14)8-10-18(23)17-13-16(22)9-11-19(17)26-21(24)20-3-2-12-25-20/h2-13H,1H3. The zero-order valence-corrected chi connectivity index (χ0v) is 15.5. The van der Waals surface area contributed by atoms with Gasteiger partial charge in [0.1, 0.15) is 5.75 Å². The van der Waals surface area contributed by atoms with Crippen molar-refractivity contribution in [2.75, 3.05) is 0 Å². The zero-order valence-electron chi connectivity index (χ0n) is 13.9. The molecule has 2 aromatic carbocycles. The molecule has 0 N–H and O–H groups in total. The van der Waals surface area contributed by atoms with Crippen LogP contribution >= 0.6 is 15.9 Å². The van der Waals surface area contributed by atoms with Crippen molar-refractivity contribution in [3.63, 3.8) is 0 Å². The second kappa shape index (κ2) is 7.97. The Labute approximate surface area is 159 Å². The van der Waals surface area contributed by atoms with Crippen LogP contribution in [0.5, 0.6) is 5.75 Å². The van der Waals surface area contributed by atoms with E-state index < -0.39 is 5.97 Å². The van der Waals surface area contributed by atoms with E-state index in [9.17, 15) is 9.59 Å². The molecule has 26 heavy (non-hydrogen) atoms. The van der Waals surface area contributed by atoms with E-state index in [1.54, 1.807) is 30.3 Å². The quantitative estimate of drug-likeness (QED) is 0.242. The van der Waals surface area contributed by atoms with Gasteiger partial charge in [-0.05, 0) is 48.9 Å². The van der Waals surface area contributed by atoms with Crippen LogP contribution in [-0.4, -0.2) is 11.8 Å². The van der Waals surface area contributed by atoms with Crippen molar-refractivity contribution in [2.24, 2.45) is 0 Å². The molecule has 130 valence electrons. The first kappa shape index (κ1) is 17.9. The van der Waals surface area contributed by atoms with Gasteiger partial charge in [0.05, 0.1) is 11.8 Å². The molecule has 5 heteroatoms. The van der Waals surface area contributed by atoms with Gasteiger partial charge >= 0.3 is 5.97 Å². The lowest BCUT2D eigenvalue weighted by Gasteiger charge is -2.07. The maximum Gasteiger partial charge on any atom is 0.379 e. The van der Waals surface area contributed by atoms with Gasteiger partial charge in [0.2, 0.25) is 5.76 Å². The minimum Gasteiger partial charge on any atom is -0.457 e. The summed E-state index contributed by atoms with van der Waals surface area (Å²) in [4.78, 5) is 24.7. The molecular weight excluding hydrogens is 396 g/mol. The number of furan rings is 1. The molecule has 0 unspecified atom stereocenters. The molecule has 3 rings (SSSR count). The molecule has 1 aromatic heterocycles. The highest BCUT2D eigenvalue weighted by Crippen LogP contribution is 2.25. The third-order valence-electron chi connectivity index (χ3n) is 3.64. The van der Waals surface area contributed by atoms with Gasteiger partial charge in [0, 0.05) is 4.47 Å². The van der Waals surface area contributed by atoms with Crippen LogP contribution in [0.25, 0.3) is 6.08 Å². The normalized spacial score (nSPS) is 10.8. The summed E-state index contributed by atoms with van der Waals surface area (Å²) in [5, 5.41) is 0. The molecule has 0 amide bonds. The van der Waals surface area contributed by atoms with Crippen LogP contribution in [0.15, 0.2) is 75.8 Å². The lowest BCUT2D eigenvalue weighted by atomic mass is 10.1. The van der Waals surface area contributed by atoms with Crippen molar-refractivity contribution in [2.45, 2.75) is 6.92 Å². The predicted octanol–water partition coefficient (Wildman–Crippen LogP) is 5.47. The molecule has 0 radical (unpaired) electrons. The van der Waals surface area contributed by atoms with E-state index >= 15 is 0 Å². The van der Waals surface area contributed by atoms with E-state index in [1.165, 1.54) is 18.4 Å². The molecule has 0 aliphatic carbocycles. The molecule has 0 aliphatic heterocycles. The Balaban J connectivity index is 1.83. The van der Waals surface area contributed by atoms with Crippen LogP contribution in [0.3, 0.4) is 0 Å². The van der Waals surface area contributed by atoms with Crippen molar-refractivity contribution in [1.82, 2.24) is 0 Å². The molecule has 0 atom stereocenters. The lowest BCUT2D eigenvalue weighted by Crippen LogP contribution is -2.10. The van der Waals surface area contributed by atoms with Gasteiger partial charge in [-0.25, -0.2) is 4.79 Å². The molecular formula is C21H15BrO4. The average molecular weight is 411 g/mol. The Morgan fingerprint density at radius 2 is 1.85 bits per heavy atom. The number of carbonyl (C=O) groups is 2. The number of allylic oxidation sites excluding steroid dienone is 1. The highest BCUT2D eigenvalue weighted by molar-refractivity contribution is 9.10. The summed E-state index contributed by atoms with van der Waals surface area (Å²) in [5.41, 5.74) is 2.34. The Morgan fingerprint density at radius 1 is 1.08 bits per heavy atom. The third kappa shape index (κ3) is 4.37.